The van der Waals surface area contributed by atoms with Crippen LogP contribution in [-0.4, -0.2) is 19.9 Å². The maximum Gasteiger partial charge on any atom is 0.160 e. The first kappa shape index (κ1) is 24.1. The second-order valence-corrected chi connectivity index (χ2v) is 10.3. The number of pyridine rings is 2. The molecule has 8 aromatic rings. The van der Waals surface area contributed by atoms with E-state index in [2.05, 4.69) is 78.9 Å². The van der Waals surface area contributed by atoms with Gasteiger partial charge < -0.3 is 0 Å². The monoisotopic (exact) mass is 536 g/mol. The lowest BCUT2D eigenvalue weighted by Crippen LogP contribution is -1.95. The fraction of sp³-hybridized carbons (Fsp3) is 0. The molecule has 42 heavy (non-hydrogen) atoms. The van der Waals surface area contributed by atoms with Gasteiger partial charge in [-0.15, -0.1) is 0 Å². The highest BCUT2D eigenvalue weighted by Gasteiger charge is 2.13. The molecule has 0 aliphatic carbocycles. The van der Waals surface area contributed by atoms with Gasteiger partial charge in [0.25, 0.3) is 0 Å². The summed E-state index contributed by atoms with van der Waals surface area (Å²) in [5, 5.41) is 3.18. The smallest absolute Gasteiger partial charge is 0.160 e. The Bertz CT molecular complexity index is 2230. The molecule has 8 rings (SSSR count). The van der Waals surface area contributed by atoms with Gasteiger partial charge in [-0.2, -0.15) is 0 Å². The highest BCUT2D eigenvalue weighted by Crippen LogP contribution is 2.32. The zero-order valence-corrected chi connectivity index (χ0v) is 22.6. The number of para-hydroxylation sites is 1. The first-order valence-electron chi connectivity index (χ1n) is 14.0. The van der Waals surface area contributed by atoms with Gasteiger partial charge in [-0.1, -0.05) is 127 Å². The molecule has 0 atom stereocenters. The van der Waals surface area contributed by atoms with Crippen molar-refractivity contribution in [3.63, 3.8) is 0 Å². The molecule has 0 aliphatic heterocycles. The van der Waals surface area contributed by atoms with Gasteiger partial charge in [0.1, 0.15) is 0 Å². The zero-order valence-electron chi connectivity index (χ0n) is 22.6. The lowest BCUT2D eigenvalue weighted by Gasteiger charge is -2.11. The Kier molecular flexibility index (Phi) is 5.75. The summed E-state index contributed by atoms with van der Waals surface area (Å²) in [6.07, 6.45) is 0. The number of hydrogen-bond donors (Lipinski definition) is 0. The maximum atomic E-state index is 5.13. The van der Waals surface area contributed by atoms with Crippen molar-refractivity contribution in [2.75, 3.05) is 0 Å². The number of hydrogen-bond acceptors (Lipinski definition) is 4. The highest BCUT2D eigenvalue weighted by atomic mass is 14.9. The fourth-order valence-electron chi connectivity index (χ4n) is 5.51. The van der Waals surface area contributed by atoms with Crippen LogP contribution in [0, 0.1) is 0 Å². The van der Waals surface area contributed by atoms with E-state index in [0.29, 0.717) is 0 Å². The molecule has 4 heteroatoms. The summed E-state index contributed by atoms with van der Waals surface area (Å²) in [7, 11) is 0. The molecule has 0 saturated heterocycles. The van der Waals surface area contributed by atoms with Crippen LogP contribution in [0.15, 0.2) is 146 Å². The fourth-order valence-corrected chi connectivity index (χ4v) is 5.51. The number of nitrogens with zero attached hydrogens (tertiary/aromatic N) is 4. The Morgan fingerprint density at radius 1 is 0.333 bits per heavy atom. The third kappa shape index (κ3) is 4.27. The van der Waals surface area contributed by atoms with Gasteiger partial charge in [0.05, 0.1) is 33.6 Å². The Morgan fingerprint density at radius 3 is 1.48 bits per heavy atom. The minimum absolute atomic E-state index is 0.721. The largest absolute Gasteiger partial charge is 0.245 e. The molecule has 0 saturated carbocycles. The van der Waals surface area contributed by atoms with Crippen LogP contribution in [0.25, 0.3) is 77.9 Å². The maximum absolute atomic E-state index is 5.13. The van der Waals surface area contributed by atoms with Crippen molar-refractivity contribution in [2.24, 2.45) is 0 Å². The molecule has 3 heterocycles. The molecule has 0 fully saturated rings. The van der Waals surface area contributed by atoms with E-state index in [9.17, 15) is 0 Å². The number of fused-ring (bicyclic) bond motifs is 4. The summed E-state index contributed by atoms with van der Waals surface area (Å²) >= 11 is 0. The van der Waals surface area contributed by atoms with Crippen LogP contribution < -0.4 is 0 Å². The molecule has 0 spiro atoms. The number of benzene rings is 5. The Morgan fingerprint density at radius 2 is 0.833 bits per heavy atom. The predicted octanol–water partition coefficient (Wildman–Crippen LogP) is 9.39. The molecule has 4 nitrogen and oxygen atoms in total. The third-order valence-electron chi connectivity index (χ3n) is 7.68. The summed E-state index contributed by atoms with van der Waals surface area (Å²) in [5.41, 5.74) is 9.68. The normalized spacial score (nSPS) is 11.3. The lowest BCUT2D eigenvalue weighted by molar-refractivity contribution is 1.23. The van der Waals surface area contributed by atoms with Crippen LogP contribution in [0.2, 0.25) is 0 Å². The summed E-state index contributed by atoms with van der Waals surface area (Å²) < 4.78 is 0. The van der Waals surface area contributed by atoms with Crippen LogP contribution in [-0.2, 0) is 0 Å². The minimum atomic E-state index is 0.721. The first-order valence-corrected chi connectivity index (χ1v) is 14.0. The standard InChI is InChI=1S/C38H24N4/c1-3-9-25(10-4-1)32-23-21-28-19-20-29-22-24-33(40-37(29)36(28)39-32)26-15-17-27(18-16-26)35-31-13-7-8-14-34(31)41-38(42-35)30-11-5-2-6-12-30/h1-24H. The van der Waals surface area contributed by atoms with E-state index in [1.54, 1.807) is 0 Å². The average molecular weight is 537 g/mol. The number of aromatic nitrogens is 4. The van der Waals surface area contributed by atoms with Crippen molar-refractivity contribution >= 4 is 32.7 Å². The molecule has 0 bridgehead atoms. The van der Waals surface area contributed by atoms with Crippen LogP contribution in [0.4, 0.5) is 0 Å². The van der Waals surface area contributed by atoms with Gasteiger partial charge in [0.2, 0.25) is 0 Å². The Hall–Kier alpha value is -5.74. The van der Waals surface area contributed by atoms with Crippen molar-refractivity contribution in [2.45, 2.75) is 0 Å². The molecule has 0 amide bonds. The van der Waals surface area contributed by atoms with Crippen LogP contribution in [0.1, 0.15) is 0 Å². The molecule has 0 N–H and O–H groups in total. The third-order valence-corrected chi connectivity index (χ3v) is 7.68. The molecule has 0 radical (unpaired) electrons. The van der Waals surface area contributed by atoms with E-state index in [4.69, 9.17) is 19.9 Å². The van der Waals surface area contributed by atoms with E-state index in [0.717, 1.165) is 77.9 Å². The van der Waals surface area contributed by atoms with Gasteiger partial charge in [-0.25, -0.2) is 19.9 Å². The molecule has 3 aromatic heterocycles. The van der Waals surface area contributed by atoms with Crippen molar-refractivity contribution in [1.29, 1.82) is 0 Å². The zero-order chi connectivity index (χ0) is 27.9. The molecule has 0 aliphatic rings. The molecule has 5 aromatic carbocycles. The van der Waals surface area contributed by atoms with E-state index in [1.807, 2.05) is 66.7 Å². The topological polar surface area (TPSA) is 51.6 Å². The van der Waals surface area contributed by atoms with Gasteiger partial charge in [0.15, 0.2) is 5.82 Å². The Balaban J connectivity index is 1.22. The summed E-state index contributed by atoms with van der Waals surface area (Å²) in [4.78, 5) is 20.0. The summed E-state index contributed by atoms with van der Waals surface area (Å²) in [6.45, 7) is 0. The summed E-state index contributed by atoms with van der Waals surface area (Å²) in [5.74, 6) is 0.721. The quantitative estimate of drug-likeness (QED) is 0.210. The highest BCUT2D eigenvalue weighted by molar-refractivity contribution is 6.04. The van der Waals surface area contributed by atoms with Gasteiger partial charge in [-0.3, -0.25) is 0 Å². The SMILES string of the molecule is c1ccc(-c2ccc3ccc4ccc(-c5ccc(-c6nc(-c7ccccc7)nc7ccccc67)cc5)nc4c3n2)cc1. The van der Waals surface area contributed by atoms with Crippen molar-refractivity contribution in [3.8, 4) is 45.2 Å². The lowest BCUT2D eigenvalue weighted by atomic mass is 10.0. The second-order valence-electron chi connectivity index (χ2n) is 10.3. The van der Waals surface area contributed by atoms with Gasteiger partial charge in [0, 0.05) is 38.4 Å². The average Bonchev–Trinajstić information content (AvgIpc) is 3.08. The van der Waals surface area contributed by atoms with Crippen molar-refractivity contribution in [3.05, 3.63) is 146 Å². The minimum Gasteiger partial charge on any atom is -0.245 e. The van der Waals surface area contributed by atoms with Crippen LogP contribution >= 0.6 is 0 Å². The van der Waals surface area contributed by atoms with Gasteiger partial charge >= 0.3 is 0 Å². The molecule has 196 valence electrons. The van der Waals surface area contributed by atoms with E-state index >= 15 is 0 Å². The second kappa shape index (κ2) is 10.0. The predicted molar refractivity (Wildman–Crippen MR) is 172 cm³/mol. The van der Waals surface area contributed by atoms with Crippen LogP contribution in [0.5, 0.6) is 0 Å². The number of rotatable bonds is 4. The molecular weight excluding hydrogens is 512 g/mol. The van der Waals surface area contributed by atoms with E-state index in [-0.39, 0.29) is 0 Å². The van der Waals surface area contributed by atoms with Gasteiger partial charge in [-0.05, 0) is 18.2 Å². The molecule has 0 unspecified atom stereocenters. The first-order chi connectivity index (χ1) is 20.8. The van der Waals surface area contributed by atoms with E-state index in [1.165, 1.54) is 0 Å². The molecular formula is C38H24N4. The van der Waals surface area contributed by atoms with E-state index < -0.39 is 0 Å². The Labute approximate surface area is 243 Å². The summed E-state index contributed by atoms with van der Waals surface area (Å²) in [6, 6.07) is 49.7. The van der Waals surface area contributed by atoms with Crippen LogP contribution in [0.3, 0.4) is 0 Å². The van der Waals surface area contributed by atoms with Crippen molar-refractivity contribution < 1.29 is 0 Å². The van der Waals surface area contributed by atoms with Crippen molar-refractivity contribution in [1.82, 2.24) is 19.9 Å².